The molecule has 0 bridgehead atoms. The van der Waals surface area contributed by atoms with E-state index in [1.54, 1.807) is 36.4 Å². The molecule has 0 amide bonds. The zero-order valence-electron chi connectivity index (χ0n) is 20.2. The van der Waals surface area contributed by atoms with E-state index in [2.05, 4.69) is 5.16 Å². The molecule has 0 saturated heterocycles. The van der Waals surface area contributed by atoms with Crippen LogP contribution in [0.4, 0.5) is 0 Å². The number of benzene rings is 2. The van der Waals surface area contributed by atoms with Gasteiger partial charge in [-0.15, -0.1) is 0 Å². The number of hydrogen-bond donors (Lipinski definition) is 1. The highest BCUT2D eigenvalue weighted by molar-refractivity contribution is 6.39. The van der Waals surface area contributed by atoms with Crippen LogP contribution in [0.2, 0.25) is 10.0 Å². The van der Waals surface area contributed by atoms with Crippen LogP contribution in [-0.2, 0) is 18.4 Å². The van der Waals surface area contributed by atoms with Crippen molar-refractivity contribution in [2.24, 2.45) is 0 Å². The molecule has 3 heterocycles. The minimum absolute atomic E-state index is 0.0924. The van der Waals surface area contributed by atoms with Gasteiger partial charge in [-0.2, -0.15) is 0 Å². The third kappa shape index (κ3) is 4.01. The average molecular weight is 549 g/mol. The van der Waals surface area contributed by atoms with Gasteiger partial charge in [0.2, 0.25) is 5.88 Å². The highest BCUT2D eigenvalue weighted by Crippen LogP contribution is 2.56. The van der Waals surface area contributed by atoms with Crippen molar-refractivity contribution in [3.8, 4) is 28.6 Å². The van der Waals surface area contributed by atoms with Crippen LogP contribution in [0.3, 0.4) is 0 Å². The van der Waals surface area contributed by atoms with Crippen LogP contribution in [0, 0.1) is 0 Å². The third-order valence-electron chi connectivity index (χ3n) is 7.62. The zero-order chi connectivity index (χ0) is 26.0. The Balaban J connectivity index is 1.20. The van der Waals surface area contributed by atoms with Gasteiger partial charge in [0.1, 0.15) is 29.6 Å². The minimum atomic E-state index is -0.982. The number of aromatic carboxylic acids is 1. The fraction of sp³-hybridized carbons (Fsp3) is 0.276. The molecule has 2 aliphatic carbocycles. The predicted octanol–water partition coefficient (Wildman–Crippen LogP) is 7.58. The predicted molar refractivity (Wildman–Crippen MR) is 141 cm³/mol. The van der Waals surface area contributed by atoms with Crippen LogP contribution in [0.1, 0.15) is 64.5 Å². The average Bonchev–Trinajstić information content (AvgIpc) is 3.83. The summed E-state index contributed by atoms with van der Waals surface area (Å²) in [5, 5.41) is 14.8. The van der Waals surface area contributed by atoms with Gasteiger partial charge in [0.15, 0.2) is 0 Å². The van der Waals surface area contributed by atoms with E-state index in [1.165, 1.54) is 0 Å². The Kier molecular flexibility index (Phi) is 5.42. The first-order valence-corrected chi connectivity index (χ1v) is 13.3. The monoisotopic (exact) mass is 548 g/mol. The molecule has 0 unspecified atom stereocenters. The lowest BCUT2D eigenvalue weighted by Gasteiger charge is -2.14. The molecule has 0 atom stereocenters. The summed E-state index contributed by atoms with van der Waals surface area (Å²) in [6, 6.07) is 14.1. The van der Waals surface area contributed by atoms with E-state index in [-0.39, 0.29) is 17.6 Å². The molecule has 2 saturated carbocycles. The molecular formula is C29H22Cl2N2O5. The van der Waals surface area contributed by atoms with E-state index in [0.717, 1.165) is 48.3 Å². The first kappa shape index (κ1) is 23.6. The number of carbonyl (C=O) groups is 1. The van der Waals surface area contributed by atoms with Crippen molar-refractivity contribution in [1.82, 2.24) is 10.1 Å². The number of carboxylic acid groups (broad SMARTS) is 1. The molecule has 38 heavy (non-hydrogen) atoms. The van der Waals surface area contributed by atoms with Gasteiger partial charge in [-0.05, 0) is 56.0 Å². The van der Waals surface area contributed by atoms with E-state index < -0.39 is 5.97 Å². The fourth-order valence-corrected chi connectivity index (χ4v) is 5.85. The number of rotatable bonds is 6. The third-order valence-corrected chi connectivity index (χ3v) is 8.25. The smallest absolute Gasteiger partial charge is 0.335 e. The standard InChI is InChI=1S/C29H22Cl2N2O5/c30-19-2-1-3-20(31)25(19)26-17(27(38-33-26)15-4-5-15)14-36-24-9-8-22-21(32-24)13-29(10-11-29)18-7-6-16(28(34)35)12-23(18)37-22/h1-3,6-9,12,15H,4-5,10-11,13-14H2,(H,34,35). The van der Waals surface area contributed by atoms with E-state index >= 15 is 0 Å². The van der Waals surface area contributed by atoms with Crippen molar-refractivity contribution >= 4 is 29.2 Å². The van der Waals surface area contributed by atoms with Crippen molar-refractivity contribution in [2.45, 2.75) is 50.0 Å². The van der Waals surface area contributed by atoms with Crippen LogP contribution in [0.15, 0.2) is 53.1 Å². The van der Waals surface area contributed by atoms with Crippen molar-refractivity contribution < 1.29 is 23.9 Å². The van der Waals surface area contributed by atoms with Gasteiger partial charge in [0.05, 0.1) is 26.9 Å². The summed E-state index contributed by atoms with van der Waals surface area (Å²) >= 11 is 13.0. The number of fused-ring (bicyclic) bond motifs is 3. The molecule has 2 aromatic carbocycles. The lowest BCUT2D eigenvalue weighted by molar-refractivity contribution is 0.0696. The highest BCUT2D eigenvalue weighted by atomic mass is 35.5. The number of aromatic nitrogens is 2. The molecule has 1 N–H and O–H groups in total. The molecule has 7 rings (SSSR count). The summed E-state index contributed by atoms with van der Waals surface area (Å²) in [6.45, 7) is 0.201. The van der Waals surface area contributed by atoms with Gasteiger partial charge < -0.3 is 19.1 Å². The van der Waals surface area contributed by atoms with E-state index in [0.29, 0.717) is 51.0 Å². The SMILES string of the molecule is O=C(O)c1ccc2c(c1)Oc1ccc(OCc3c(-c4c(Cl)cccc4Cl)noc3C3CC3)nc1CC21CC1. The molecule has 2 aromatic heterocycles. The van der Waals surface area contributed by atoms with Gasteiger partial charge in [-0.25, -0.2) is 9.78 Å². The summed E-state index contributed by atoms with van der Waals surface area (Å²) in [6.07, 6.45) is 4.77. The first-order chi connectivity index (χ1) is 18.4. The Labute approximate surface area is 228 Å². The van der Waals surface area contributed by atoms with Crippen LogP contribution in [0.5, 0.6) is 17.4 Å². The van der Waals surface area contributed by atoms with Gasteiger partial charge in [-0.3, -0.25) is 0 Å². The van der Waals surface area contributed by atoms with E-state index in [4.69, 9.17) is 42.2 Å². The lowest BCUT2D eigenvalue weighted by Crippen LogP contribution is -2.11. The summed E-state index contributed by atoms with van der Waals surface area (Å²) < 4.78 is 18.2. The Bertz CT molecular complexity index is 1590. The Morgan fingerprint density at radius 2 is 1.87 bits per heavy atom. The second kappa shape index (κ2) is 8.75. The maximum Gasteiger partial charge on any atom is 0.335 e. The van der Waals surface area contributed by atoms with Crippen molar-refractivity contribution in [2.75, 3.05) is 0 Å². The highest BCUT2D eigenvalue weighted by Gasteiger charge is 2.48. The maximum atomic E-state index is 11.5. The van der Waals surface area contributed by atoms with E-state index in [1.807, 2.05) is 12.1 Å². The number of carboxylic acids is 1. The van der Waals surface area contributed by atoms with Crippen LogP contribution >= 0.6 is 23.2 Å². The topological polar surface area (TPSA) is 94.7 Å². The Morgan fingerprint density at radius 1 is 1.08 bits per heavy atom. The molecule has 9 heteroatoms. The normalized spacial score (nSPS) is 16.8. The minimum Gasteiger partial charge on any atom is -0.478 e. The largest absolute Gasteiger partial charge is 0.478 e. The van der Waals surface area contributed by atoms with Gasteiger partial charge in [0.25, 0.3) is 0 Å². The summed E-state index contributed by atoms with van der Waals surface area (Å²) in [4.78, 5) is 16.3. The van der Waals surface area contributed by atoms with Crippen molar-refractivity contribution in [3.05, 3.63) is 86.7 Å². The number of halogens is 2. The molecular weight excluding hydrogens is 527 g/mol. The van der Waals surface area contributed by atoms with Crippen LogP contribution in [-0.4, -0.2) is 21.2 Å². The summed E-state index contributed by atoms with van der Waals surface area (Å²) in [5.74, 6) is 1.78. The first-order valence-electron chi connectivity index (χ1n) is 12.5. The summed E-state index contributed by atoms with van der Waals surface area (Å²) in [5.41, 5.74) is 3.96. The number of nitrogens with zero attached hydrogens (tertiary/aromatic N) is 2. The number of pyridine rings is 1. The molecule has 2 fully saturated rings. The fourth-order valence-electron chi connectivity index (χ4n) is 5.27. The zero-order valence-corrected chi connectivity index (χ0v) is 21.7. The Morgan fingerprint density at radius 3 is 2.58 bits per heavy atom. The summed E-state index contributed by atoms with van der Waals surface area (Å²) in [7, 11) is 0. The van der Waals surface area contributed by atoms with Gasteiger partial charge in [0, 0.05) is 34.9 Å². The number of hydrogen-bond acceptors (Lipinski definition) is 6. The molecule has 1 aliphatic heterocycles. The van der Waals surface area contributed by atoms with Gasteiger partial charge >= 0.3 is 5.97 Å². The quantitative estimate of drug-likeness (QED) is 0.265. The second-order valence-electron chi connectivity index (χ2n) is 10.2. The number of ether oxygens (including phenoxy) is 2. The molecule has 0 radical (unpaired) electrons. The Hall–Kier alpha value is -3.55. The second-order valence-corrected chi connectivity index (χ2v) is 11.0. The lowest BCUT2D eigenvalue weighted by atomic mass is 9.90. The molecule has 7 nitrogen and oxygen atoms in total. The van der Waals surface area contributed by atoms with Crippen molar-refractivity contribution in [3.63, 3.8) is 0 Å². The van der Waals surface area contributed by atoms with Crippen molar-refractivity contribution in [1.29, 1.82) is 0 Å². The molecule has 4 aromatic rings. The van der Waals surface area contributed by atoms with Crippen LogP contribution in [0.25, 0.3) is 11.3 Å². The van der Waals surface area contributed by atoms with Crippen LogP contribution < -0.4 is 9.47 Å². The maximum absolute atomic E-state index is 11.5. The van der Waals surface area contributed by atoms with Gasteiger partial charge in [-0.1, -0.05) is 40.5 Å². The molecule has 192 valence electrons. The van der Waals surface area contributed by atoms with E-state index in [9.17, 15) is 9.90 Å². The molecule has 1 spiro atoms. The molecule has 3 aliphatic rings.